The second-order valence-electron chi connectivity index (χ2n) is 13.1. The van der Waals surface area contributed by atoms with Crippen molar-refractivity contribution in [3.05, 3.63) is 11.6 Å². The molecule has 1 aliphatic rings. The van der Waals surface area contributed by atoms with Crippen molar-refractivity contribution in [2.24, 2.45) is 22.2 Å². The summed E-state index contributed by atoms with van der Waals surface area (Å²) in [6.45, 7) is 22.8. The van der Waals surface area contributed by atoms with Gasteiger partial charge in [0.2, 0.25) is 5.90 Å². The first-order chi connectivity index (χ1) is 22.3. The van der Waals surface area contributed by atoms with E-state index in [4.69, 9.17) is 10.1 Å². The molecule has 0 amide bonds. The summed E-state index contributed by atoms with van der Waals surface area (Å²) in [4.78, 5) is 9.57. The number of carbonyl (C=O) groups is 1. The molecule has 2 unspecified atom stereocenters. The van der Waals surface area contributed by atoms with Crippen LogP contribution in [0.5, 0.6) is 0 Å². The maximum atomic E-state index is 9.57. The first kappa shape index (κ1) is 49.4. The number of hydrogen-bond donors (Lipinski definition) is 2. The molecule has 1 saturated carbocycles. The predicted molar refractivity (Wildman–Crippen MR) is 213 cm³/mol. The van der Waals surface area contributed by atoms with Crippen molar-refractivity contribution >= 4 is 38.0 Å². The largest absolute Gasteiger partial charge is 0.477 e. The zero-order valence-corrected chi connectivity index (χ0v) is 33.5. The van der Waals surface area contributed by atoms with E-state index in [9.17, 15) is 4.79 Å². The predicted octanol–water partition coefficient (Wildman–Crippen LogP) is 13.7. The van der Waals surface area contributed by atoms with Crippen LogP contribution in [0.25, 0.3) is 0 Å². The summed E-state index contributed by atoms with van der Waals surface area (Å²) in [5.74, 6) is 3.09. The zero-order chi connectivity index (χ0) is 35.4. The van der Waals surface area contributed by atoms with Crippen molar-refractivity contribution in [3.63, 3.8) is 0 Å². The van der Waals surface area contributed by atoms with Crippen LogP contribution < -0.4 is 0 Å². The third kappa shape index (κ3) is 31.6. The average molecular weight is 664 g/mol. The van der Waals surface area contributed by atoms with E-state index in [0.29, 0.717) is 18.2 Å². The summed E-state index contributed by atoms with van der Waals surface area (Å²) in [5.41, 5.74) is 1.63. The lowest BCUT2D eigenvalue weighted by Gasteiger charge is -2.26. The standard InChI is InChI=1S/C19H40B.C15H28N2OS.C4H6O.C2H6/c1-6-8-9-10-11-12-13-14-15-16-20-19(17(3)4)18(5)7-2;1-4-7-9-10-12-18-15(16)14(17-19)13(6-3)11-8-5-2;5-3-4-1-2-4;1-2/h17-19H,6-16H2,1-5H3;11,16,19H,4-10,12H2,1-3H3;3-4H,1-2H2;1-2H3/b;13-11+,16-15?,17-14-;;. The van der Waals surface area contributed by atoms with Gasteiger partial charge in [0.05, 0.1) is 6.61 Å². The molecule has 6 heteroatoms. The third-order valence-electron chi connectivity index (χ3n) is 8.56. The number of unbranched alkanes of at least 4 members (excludes halogenated alkanes) is 12. The van der Waals surface area contributed by atoms with E-state index in [1.807, 2.05) is 13.8 Å². The average Bonchev–Trinajstić information content (AvgIpc) is 3.91. The Morgan fingerprint density at radius 3 is 1.76 bits per heavy atom. The van der Waals surface area contributed by atoms with Crippen LogP contribution in [0.3, 0.4) is 0 Å². The highest BCUT2D eigenvalue weighted by Crippen LogP contribution is 2.30. The zero-order valence-electron chi connectivity index (χ0n) is 32.6. The molecule has 0 aromatic carbocycles. The molecule has 1 radical (unpaired) electrons. The number of rotatable bonds is 25. The van der Waals surface area contributed by atoms with Crippen LogP contribution in [0.4, 0.5) is 0 Å². The van der Waals surface area contributed by atoms with E-state index < -0.39 is 0 Å². The molecule has 0 spiro atoms. The third-order valence-corrected chi connectivity index (χ3v) is 8.76. The Kier molecular flexibility index (Phi) is 41.2. The van der Waals surface area contributed by atoms with E-state index in [-0.39, 0.29) is 5.90 Å². The fourth-order valence-electron chi connectivity index (χ4n) is 5.19. The molecule has 46 heavy (non-hydrogen) atoms. The summed E-state index contributed by atoms with van der Waals surface area (Å²) in [6, 6.07) is 0. The maximum absolute atomic E-state index is 9.57. The minimum absolute atomic E-state index is 0.149. The lowest BCUT2D eigenvalue weighted by atomic mass is 9.52. The van der Waals surface area contributed by atoms with Crippen LogP contribution in [0, 0.1) is 23.2 Å². The lowest BCUT2D eigenvalue weighted by Crippen LogP contribution is -2.19. The molecular weight excluding hydrogens is 583 g/mol. The Balaban J connectivity index is -0.000000663. The van der Waals surface area contributed by atoms with Crippen molar-refractivity contribution in [1.29, 1.82) is 5.41 Å². The molecule has 1 rings (SSSR count). The highest BCUT2D eigenvalue weighted by atomic mass is 32.1. The first-order valence-corrected chi connectivity index (χ1v) is 20.1. The van der Waals surface area contributed by atoms with Gasteiger partial charge in [-0.2, -0.15) is 0 Å². The van der Waals surface area contributed by atoms with Crippen LogP contribution in [-0.2, 0) is 9.53 Å². The van der Waals surface area contributed by atoms with E-state index in [2.05, 4.69) is 86.0 Å². The highest BCUT2D eigenvalue weighted by molar-refractivity contribution is 7.79. The van der Waals surface area contributed by atoms with Gasteiger partial charge in [-0.05, 0) is 56.4 Å². The second kappa shape index (κ2) is 38.4. The van der Waals surface area contributed by atoms with Crippen LogP contribution in [-0.4, -0.2) is 31.8 Å². The molecular formula is C40H80BN2O2S. The molecule has 1 fully saturated rings. The van der Waals surface area contributed by atoms with Crippen molar-refractivity contribution in [1.82, 2.24) is 0 Å². The molecule has 1 N–H and O–H groups in total. The molecule has 1 aliphatic carbocycles. The van der Waals surface area contributed by atoms with Gasteiger partial charge in [-0.15, -0.1) is 0 Å². The number of nitrogens with one attached hydrogen (secondary N) is 1. The first-order valence-electron chi connectivity index (χ1n) is 19.7. The second-order valence-corrected chi connectivity index (χ2v) is 13.3. The minimum Gasteiger partial charge on any atom is -0.477 e. The van der Waals surface area contributed by atoms with E-state index in [1.54, 1.807) is 0 Å². The van der Waals surface area contributed by atoms with Gasteiger partial charge in [0.25, 0.3) is 0 Å². The summed E-state index contributed by atoms with van der Waals surface area (Å²) in [5, 5.41) is 7.95. The van der Waals surface area contributed by atoms with Crippen LogP contribution in [0.1, 0.15) is 191 Å². The monoisotopic (exact) mass is 664 g/mol. The lowest BCUT2D eigenvalue weighted by molar-refractivity contribution is -0.108. The summed E-state index contributed by atoms with van der Waals surface area (Å²) < 4.78 is 9.39. The van der Waals surface area contributed by atoms with Gasteiger partial charge < -0.3 is 9.53 Å². The molecule has 4 nitrogen and oxygen atoms in total. The molecule has 271 valence electrons. The number of nitrogens with zero attached hydrogens (tertiary/aromatic N) is 1. The Hall–Kier alpha value is -1.04. The summed E-state index contributed by atoms with van der Waals surface area (Å²) in [7, 11) is 2.63. The molecule has 0 saturated heterocycles. The smallest absolute Gasteiger partial charge is 0.233 e. The Morgan fingerprint density at radius 1 is 0.848 bits per heavy atom. The highest BCUT2D eigenvalue weighted by Gasteiger charge is 2.20. The molecule has 0 aromatic rings. The van der Waals surface area contributed by atoms with E-state index in [0.717, 1.165) is 74.5 Å². The molecule has 0 aliphatic heterocycles. The summed E-state index contributed by atoms with van der Waals surface area (Å²) >= 11 is 3.98. The number of carbonyl (C=O) groups excluding carboxylic acids is 1. The number of aldehydes is 1. The van der Waals surface area contributed by atoms with Crippen molar-refractivity contribution < 1.29 is 9.53 Å². The minimum atomic E-state index is 0.149. The van der Waals surface area contributed by atoms with Crippen LogP contribution in [0.2, 0.25) is 12.1 Å². The van der Waals surface area contributed by atoms with Crippen molar-refractivity contribution in [2.45, 2.75) is 203 Å². The topological polar surface area (TPSA) is 62.5 Å². The fourth-order valence-corrected chi connectivity index (χ4v) is 5.40. The van der Waals surface area contributed by atoms with Gasteiger partial charge in [0, 0.05) is 5.92 Å². The maximum Gasteiger partial charge on any atom is 0.233 e. The Morgan fingerprint density at radius 2 is 1.37 bits per heavy atom. The number of ether oxygens (including phenoxy) is 1. The van der Waals surface area contributed by atoms with Gasteiger partial charge in [0.15, 0.2) is 0 Å². The Labute approximate surface area is 295 Å². The van der Waals surface area contributed by atoms with Crippen molar-refractivity contribution in [2.75, 3.05) is 6.61 Å². The normalized spacial score (nSPS) is 14.1. The molecule has 0 bridgehead atoms. The number of allylic oxidation sites excluding steroid dienone is 1. The quantitative estimate of drug-likeness (QED) is 0.0255. The van der Waals surface area contributed by atoms with Crippen LogP contribution in [0.15, 0.2) is 16.0 Å². The van der Waals surface area contributed by atoms with Gasteiger partial charge in [-0.3, -0.25) is 5.41 Å². The molecule has 2 atom stereocenters. The molecule has 0 heterocycles. The Bertz CT molecular complexity index is 722. The number of thiol groups is 1. The van der Waals surface area contributed by atoms with Gasteiger partial charge >= 0.3 is 0 Å². The van der Waals surface area contributed by atoms with Gasteiger partial charge in [-0.25, -0.2) is 4.40 Å². The SMILES string of the molecule is CC.CCC/C=C(CC)/C(=N/S)C(=N)OCCCCCC.CCCCCCCCCCC[B]C(C(C)C)C(C)CC.O=CC1CC1. The number of hydrogen-bond acceptors (Lipinski definition) is 5. The van der Waals surface area contributed by atoms with E-state index >= 15 is 0 Å². The molecule has 0 aromatic heterocycles. The van der Waals surface area contributed by atoms with Crippen LogP contribution >= 0.6 is 12.8 Å². The summed E-state index contributed by atoms with van der Waals surface area (Å²) in [6.07, 6.45) is 28.6. The van der Waals surface area contributed by atoms with Crippen molar-refractivity contribution in [3.8, 4) is 0 Å². The fraction of sp³-hybridized carbons (Fsp3) is 0.875. The van der Waals surface area contributed by atoms with E-state index in [1.165, 1.54) is 83.4 Å². The van der Waals surface area contributed by atoms with Gasteiger partial charge in [-0.1, -0.05) is 183 Å². The van der Waals surface area contributed by atoms with Gasteiger partial charge in [0.1, 0.15) is 19.3 Å².